The molecule has 1 saturated carbocycles. The number of aromatic nitrogens is 1. The van der Waals surface area contributed by atoms with Crippen molar-refractivity contribution in [1.29, 1.82) is 0 Å². The van der Waals surface area contributed by atoms with Crippen molar-refractivity contribution < 1.29 is 10.2 Å². The Morgan fingerprint density at radius 1 is 1.16 bits per heavy atom. The first-order valence-corrected chi connectivity index (χ1v) is 6.65. The standard InChI is InChI=1S/C13H13NO3.C2H6/c1-7-6-14(8-2-3-8)10-5-12(16)11(15)4-9(10)13(7)17;1-2/h4-6,8,15-16H,2-3H2,1H3;1-2H3. The fraction of sp³-hybridized carbons (Fsp3) is 0.400. The Kier molecular flexibility index (Phi) is 3.51. The molecule has 2 aromatic rings. The Hall–Kier alpha value is -1.97. The quantitative estimate of drug-likeness (QED) is 0.775. The van der Waals surface area contributed by atoms with Crippen molar-refractivity contribution in [3.8, 4) is 11.5 Å². The van der Waals surface area contributed by atoms with Gasteiger partial charge in [0.1, 0.15) is 0 Å². The van der Waals surface area contributed by atoms with E-state index in [1.54, 1.807) is 6.92 Å². The minimum absolute atomic E-state index is 0.0906. The van der Waals surface area contributed by atoms with Gasteiger partial charge in [-0.3, -0.25) is 4.79 Å². The zero-order chi connectivity index (χ0) is 14.2. The maximum Gasteiger partial charge on any atom is 0.192 e. The summed E-state index contributed by atoms with van der Waals surface area (Å²) >= 11 is 0. The maximum atomic E-state index is 12.0. The molecule has 1 heterocycles. The van der Waals surface area contributed by atoms with Gasteiger partial charge < -0.3 is 14.8 Å². The smallest absolute Gasteiger partial charge is 0.192 e. The van der Waals surface area contributed by atoms with E-state index in [-0.39, 0.29) is 16.9 Å². The van der Waals surface area contributed by atoms with Gasteiger partial charge in [-0.2, -0.15) is 0 Å². The average Bonchev–Trinajstić information content (AvgIpc) is 3.23. The molecule has 0 radical (unpaired) electrons. The number of aromatic hydroxyl groups is 2. The SMILES string of the molecule is CC.Cc1cn(C2CC2)c2cc(O)c(O)cc2c1=O. The second-order valence-electron chi connectivity index (χ2n) is 4.64. The molecule has 4 nitrogen and oxygen atoms in total. The predicted molar refractivity (Wildman–Crippen MR) is 75.9 cm³/mol. The van der Waals surface area contributed by atoms with Gasteiger partial charge in [-0.05, 0) is 25.8 Å². The van der Waals surface area contributed by atoms with E-state index in [1.807, 2.05) is 24.6 Å². The molecule has 1 aliphatic rings. The number of hydrogen-bond donors (Lipinski definition) is 2. The second kappa shape index (κ2) is 4.96. The third-order valence-electron chi connectivity index (χ3n) is 3.25. The molecule has 0 bridgehead atoms. The number of rotatable bonds is 1. The lowest BCUT2D eigenvalue weighted by molar-refractivity contribution is 0.404. The molecule has 0 atom stereocenters. The van der Waals surface area contributed by atoms with Crippen LogP contribution in [0.25, 0.3) is 10.9 Å². The fourth-order valence-corrected chi connectivity index (χ4v) is 2.17. The fourth-order valence-electron chi connectivity index (χ4n) is 2.17. The Morgan fingerprint density at radius 2 is 1.74 bits per heavy atom. The van der Waals surface area contributed by atoms with Gasteiger partial charge in [0.2, 0.25) is 0 Å². The van der Waals surface area contributed by atoms with Gasteiger partial charge in [0.25, 0.3) is 0 Å². The molecule has 1 fully saturated rings. The monoisotopic (exact) mass is 261 g/mol. The summed E-state index contributed by atoms with van der Waals surface area (Å²) in [6.07, 6.45) is 4.02. The second-order valence-corrected chi connectivity index (χ2v) is 4.64. The van der Waals surface area contributed by atoms with Gasteiger partial charge in [0.05, 0.1) is 5.52 Å². The van der Waals surface area contributed by atoms with Crippen molar-refractivity contribution in [3.05, 3.63) is 34.1 Å². The summed E-state index contributed by atoms with van der Waals surface area (Å²) in [7, 11) is 0. The highest BCUT2D eigenvalue weighted by Gasteiger charge is 2.25. The third-order valence-corrected chi connectivity index (χ3v) is 3.25. The number of benzene rings is 1. The maximum absolute atomic E-state index is 12.0. The van der Waals surface area contributed by atoms with Gasteiger partial charge in [-0.15, -0.1) is 0 Å². The minimum atomic E-state index is -0.248. The number of phenols is 2. The van der Waals surface area contributed by atoms with Crippen molar-refractivity contribution >= 4 is 10.9 Å². The number of fused-ring (bicyclic) bond motifs is 1. The van der Waals surface area contributed by atoms with Crippen molar-refractivity contribution in [2.75, 3.05) is 0 Å². The molecule has 1 aromatic carbocycles. The van der Waals surface area contributed by atoms with Crippen LogP contribution in [0, 0.1) is 6.92 Å². The molecule has 102 valence electrons. The van der Waals surface area contributed by atoms with Gasteiger partial charge >= 0.3 is 0 Å². The highest BCUT2D eigenvalue weighted by atomic mass is 16.3. The molecule has 0 spiro atoms. The summed E-state index contributed by atoms with van der Waals surface area (Å²) in [6.45, 7) is 5.77. The van der Waals surface area contributed by atoms with Gasteiger partial charge in [0.15, 0.2) is 16.9 Å². The predicted octanol–water partition coefficient (Wildman–Crippen LogP) is 3.08. The van der Waals surface area contributed by atoms with E-state index in [9.17, 15) is 15.0 Å². The Morgan fingerprint density at radius 3 is 2.32 bits per heavy atom. The summed E-state index contributed by atoms with van der Waals surface area (Å²) in [5.41, 5.74) is 1.26. The van der Waals surface area contributed by atoms with E-state index >= 15 is 0 Å². The zero-order valence-corrected chi connectivity index (χ0v) is 11.5. The van der Waals surface area contributed by atoms with Crippen molar-refractivity contribution in [2.24, 2.45) is 0 Å². The highest BCUT2D eigenvalue weighted by molar-refractivity contribution is 5.83. The molecule has 1 aliphatic carbocycles. The molecule has 0 unspecified atom stereocenters. The average molecular weight is 261 g/mol. The largest absolute Gasteiger partial charge is 0.504 e. The molecule has 0 aliphatic heterocycles. The summed E-state index contributed by atoms with van der Waals surface area (Å²) < 4.78 is 2.02. The molecule has 0 amide bonds. The number of aryl methyl sites for hydroxylation is 1. The van der Waals surface area contributed by atoms with Gasteiger partial charge in [-0.25, -0.2) is 0 Å². The molecule has 1 aromatic heterocycles. The van der Waals surface area contributed by atoms with E-state index in [0.29, 0.717) is 22.5 Å². The van der Waals surface area contributed by atoms with Crippen molar-refractivity contribution in [3.63, 3.8) is 0 Å². The van der Waals surface area contributed by atoms with E-state index in [4.69, 9.17) is 0 Å². The molecule has 19 heavy (non-hydrogen) atoms. The Labute approximate surface area is 111 Å². The van der Waals surface area contributed by atoms with E-state index in [2.05, 4.69) is 0 Å². The van der Waals surface area contributed by atoms with Crippen LogP contribution in [0.3, 0.4) is 0 Å². The topological polar surface area (TPSA) is 62.5 Å². The first kappa shape index (κ1) is 13.5. The lowest BCUT2D eigenvalue weighted by atomic mass is 10.1. The summed E-state index contributed by atoms with van der Waals surface area (Å²) in [4.78, 5) is 12.0. The van der Waals surface area contributed by atoms with E-state index < -0.39 is 0 Å². The third kappa shape index (κ3) is 2.30. The van der Waals surface area contributed by atoms with Crippen LogP contribution in [0.15, 0.2) is 23.1 Å². The molecule has 2 N–H and O–H groups in total. The van der Waals surface area contributed by atoms with Crippen LogP contribution in [0.5, 0.6) is 11.5 Å². The number of pyridine rings is 1. The summed E-state index contributed by atoms with van der Waals surface area (Å²) in [5, 5.41) is 19.5. The first-order valence-electron chi connectivity index (χ1n) is 6.65. The zero-order valence-electron chi connectivity index (χ0n) is 11.5. The van der Waals surface area contributed by atoms with Gasteiger partial charge in [0, 0.05) is 29.3 Å². The van der Waals surface area contributed by atoms with Crippen LogP contribution in [0.2, 0.25) is 0 Å². The Bertz CT molecular complexity index is 669. The van der Waals surface area contributed by atoms with Crippen LogP contribution in [-0.2, 0) is 0 Å². The van der Waals surface area contributed by atoms with Crippen molar-refractivity contribution in [2.45, 2.75) is 39.7 Å². The number of nitrogens with zero attached hydrogens (tertiary/aromatic N) is 1. The lowest BCUT2D eigenvalue weighted by Gasteiger charge is -2.12. The first-order chi connectivity index (χ1) is 9.08. The van der Waals surface area contributed by atoms with E-state index in [0.717, 1.165) is 12.8 Å². The van der Waals surface area contributed by atoms with E-state index in [1.165, 1.54) is 12.1 Å². The van der Waals surface area contributed by atoms with Crippen LogP contribution >= 0.6 is 0 Å². The molecular weight excluding hydrogens is 242 g/mol. The molecule has 4 heteroatoms. The van der Waals surface area contributed by atoms with Crippen LogP contribution in [0.4, 0.5) is 0 Å². The molecule has 0 saturated heterocycles. The summed E-state index contributed by atoms with van der Waals surface area (Å²) in [5.74, 6) is -0.433. The normalized spacial score (nSPS) is 14.1. The summed E-state index contributed by atoms with van der Waals surface area (Å²) in [6, 6.07) is 3.23. The van der Waals surface area contributed by atoms with Crippen molar-refractivity contribution in [1.82, 2.24) is 4.57 Å². The molecule has 3 rings (SSSR count). The van der Waals surface area contributed by atoms with Crippen LogP contribution < -0.4 is 5.43 Å². The Balaban J connectivity index is 0.000000637. The minimum Gasteiger partial charge on any atom is -0.504 e. The lowest BCUT2D eigenvalue weighted by Crippen LogP contribution is -2.11. The van der Waals surface area contributed by atoms with Crippen LogP contribution in [0.1, 0.15) is 38.3 Å². The van der Waals surface area contributed by atoms with Crippen LogP contribution in [-0.4, -0.2) is 14.8 Å². The number of phenolic OH excluding ortho intramolecular Hbond substituents is 2. The van der Waals surface area contributed by atoms with Gasteiger partial charge in [-0.1, -0.05) is 13.8 Å². The number of hydrogen-bond acceptors (Lipinski definition) is 3. The molecular formula is C15H19NO3. The highest BCUT2D eigenvalue weighted by Crippen LogP contribution is 2.38.